The fourth-order valence-electron chi connectivity index (χ4n) is 7.20. The smallest absolute Gasteiger partial charge is 0.186 e. The maximum Gasteiger partial charge on any atom is 0.186 e. The van der Waals surface area contributed by atoms with E-state index in [4.69, 9.17) is 19.5 Å². The van der Waals surface area contributed by atoms with Crippen LogP contribution in [0, 0.1) is 23.7 Å². The van der Waals surface area contributed by atoms with Gasteiger partial charge < -0.3 is 9.47 Å². The van der Waals surface area contributed by atoms with E-state index in [9.17, 15) is 0 Å². The van der Waals surface area contributed by atoms with Gasteiger partial charge in [-0.2, -0.15) is 0 Å². The molecule has 0 unspecified atom stereocenters. The van der Waals surface area contributed by atoms with E-state index in [1.807, 2.05) is 14.2 Å². The van der Waals surface area contributed by atoms with Crippen LogP contribution >= 0.6 is 0 Å². The zero-order valence-corrected chi connectivity index (χ0v) is 21.6. The van der Waals surface area contributed by atoms with Crippen molar-refractivity contribution in [1.29, 1.82) is 0 Å². The van der Waals surface area contributed by atoms with Gasteiger partial charge in [-0.05, 0) is 95.3 Å². The van der Waals surface area contributed by atoms with E-state index in [1.165, 1.54) is 122 Å². The molecule has 4 saturated carbocycles. The third-order valence-corrected chi connectivity index (χ3v) is 9.25. The summed E-state index contributed by atoms with van der Waals surface area (Å²) in [5.41, 5.74) is 0. The molecule has 0 radical (unpaired) electrons. The molecule has 0 aliphatic heterocycles. The van der Waals surface area contributed by atoms with Crippen LogP contribution in [0.3, 0.4) is 0 Å². The van der Waals surface area contributed by atoms with E-state index < -0.39 is 0 Å². The first kappa shape index (κ1) is 25.0. The normalized spacial score (nSPS) is 33.6. The monoisotopic (exact) mass is 458 g/mol. The molecule has 0 aromatic carbocycles. The lowest BCUT2D eigenvalue weighted by Gasteiger charge is -2.33. The minimum atomic E-state index is 0.510. The molecule has 0 saturated heterocycles. The molecule has 0 aromatic heterocycles. The Morgan fingerprint density at radius 2 is 0.879 bits per heavy atom. The number of methoxy groups -OCH3 is 2. The van der Waals surface area contributed by atoms with Gasteiger partial charge in [-0.15, -0.1) is 0 Å². The fourth-order valence-corrected chi connectivity index (χ4v) is 7.20. The second kappa shape index (κ2) is 13.1. The molecule has 4 heteroatoms. The molecule has 33 heavy (non-hydrogen) atoms. The summed E-state index contributed by atoms with van der Waals surface area (Å²) < 4.78 is 11.5. The molecule has 0 heterocycles. The summed E-state index contributed by atoms with van der Waals surface area (Å²) in [6.45, 7) is 0. The lowest BCUT2D eigenvalue weighted by molar-refractivity contribution is 0.222. The second-order valence-corrected chi connectivity index (χ2v) is 11.6. The number of aliphatic imine (C=N–C) groups is 2. The van der Waals surface area contributed by atoms with E-state index in [0.717, 1.165) is 23.6 Å². The first-order valence-electron chi connectivity index (χ1n) is 14.5. The van der Waals surface area contributed by atoms with Crippen molar-refractivity contribution in [2.24, 2.45) is 33.7 Å². The van der Waals surface area contributed by atoms with E-state index in [0.29, 0.717) is 23.9 Å². The van der Waals surface area contributed by atoms with Crippen molar-refractivity contribution in [2.75, 3.05) is 14.2 Å². The van der Waals surface area contributed by atoms with E-state index >= 15 is 0 Å². The SMILES string of the molecule is COC(=NC1CCC(CC2CCC(N=C(OC)C3CCCCC3)CC2)CC1)C1CCCCC1. The first-order chi connectivity index (χ1) is 16.2. The zero-order valence-electron chi connectivity index (χ0n) is 21.6. The van der Waals surface area contributed by atoms with Gasteiger partial charge in [-0.1, -0.05) is 38.5 Å². The van der Waals surface area contributed by atoms with Crippen molar-refractivity contribution in [1.82, 2.24) is 0 Å². The maximum absolute atomic E-state index is 5.76. The average Bonchev–Trinajstić information content (AvgIpc) is 2.89. The molecule has 0 amide bonds. The van der Waals surface area contributed by atoms with Crippen LogP contribution < -0.4 is 0 Å². The summed E-state index contributed by atoms with van der Waals surface area (Å²) in [6, 6.07) is 1.02. The Bertz CT molecular complexity index is 564. The summed E-state index contributed by atoms with van der Waals surface area (Å²) >= 11 is 0. The highest BCUT2D eigenvalue weighted by Crippen LogP contribution is 2.37. The number of rotatable bonds is 6. The Hall–Kier alpha value is -1.06. The predicted molar refractivity (Wildman–Crippen MR) is 138 cm³/mol. The topological polar surface area (TPSA) is 43.2 Å². The number of ether oxygens (including phenoxy) is 2. The number of hydrogen-bond donors (Lipinski definition) is 0. The standard InChI is InChI=1S/C29H50N2O2/c1-32-28(24-9-5-3-6-10-24)30-26-17-13-22(14-18-26)21-23-15-19-27(20-16-23)31-29(33-2)25-11-7-4-8-12-25/h22-27H,3-21H2,1-2H3. The van der Waals surface area contributed by atoms with Crippen LogP contribution in [0.4, 0.5) is 0 Å². The van der Waals surface area contributed by atoms with Gasteiger partial charge in [0.25, 0.3) is 0 Å². The molecule has 4 aliphatic carbocycles. The van der Waals surface area contributed by atoms with Crippen LogP contribution in [-0.4, -0.2) is 38.1 Å². The third kappa shape index (κ3) is 7.46. The summed E-state index contributed by atoms with van der Waals surface area (Å²) in [5, 5.41) is 0. The van der Waals surface area contributed by atoms with Gasteiger partial charge in [0.05, 0.1) is 26.3 Å². The summed E-state index contributed by atoms with van der Waals surface area (Å²) in [6.07, 6.45) is 25.2. The largest absolute Gasteiger partial charge is 0.484 e. The van der Waals surface area contributed by atoms with Crippen molar-refractivity contribution in [3.8, 4) is 0 Å². The lowest BCUT2D eigenvalue weighted by Crippen LogP contribution is -2.27. The highest BCUT2D eigenvalue weighted by Gasteiger charge is 2.29. The van der Waals surface area contributed by atoms with Gasteiger partial charge in [-0.25, -0.2) is 0 Å². The number of hydrogen-bond acceptors (Lipinski definition) is 4. The van der Waals surface area contributed by atoms with E-state index in [-0.39, 0.29) is 0 Å². The molecule has 4 aliphatic rings. The summed E-state index contributed by atoms with van der Waals surface area (Å²) in [4.78, 5) is 10.2. The van der Waals surface area contributed by atoms with Crippen LogP contribution in [-0.2, 0) is 9.47 Å². The molecule has 188 valence electrons. The average molecular weight is 459 g/mol. The van der Waals surface area contributed by atoms with Crippen LogP contribution in [0.15, 0.2) is 9.98 Å². The number of nitrogens with zero attached hydrogens (tertiary/aromatic N) is 2. The van der Waals surface area contributed by atoms with Gasteiger partial charge in [0.15, 0.2) is 11.8 Å². The van der Waals surface area contributed by atoms with Crippen molar-refractivity contribution in [2.45, 2.75) is 134 Å². The Labute approximate surface area is 203 Å². The van der Waals surface area contributed by atoms with Crippen molar-refractivity contribution in [3.05, 3.63) is 0 Å². The second-order valence-electron chi connectivity index (χ2n) is 11.6. The molecule has 0 atom stereocenters. The van der Waals surface area contributed by atoms with Crippen LogP contribution in [0.1, 0.15) is 122 Å². The van der Waals surface area contributed by atoms with Gasteiger partial charge in [0.1, 0.15) is 0 Å². The van der Waals surface area contributed by atoms with Gasteiger partial charge >= 0.3 is 0 Å². The fraction of sp³-hybridized carbons (Fsp3) is 0.931. The van der Waals surface area contributed by atoms with Gasteiger partial charge in [-0.3, -0.25) is 9.98 Å². The van der Waals surface area contributed by atoms with Crippen LogP contribution in [0.2, 0.25) is 0 Å². The third-order valence-electron chi connectivity index (χ3n) is 9.25. The Morgan fingerprint density at radius 3 is 1.21 bits per heavy atom. The minimum Gasteiger partial charge on any atom is -0.484 e. The molecule has 0 aromatic rings. The highest BCUT2D eigenvalue weighted by molar-refractivity contribution is 5.79. The van der Waals surface area contributed by atoms with Gasteiger partial charge in [0.2, 0.25) is 0 Å². The molecule has 4 rings (SSSR count). The van der Waals surface area contributed by atoms with Crippen molar-refractivity contribution in [3.63, 3.8) is 0 Å². The van der Waals surface area contributed by atoms with Crippen LogP contribution in [0.25, 0.3) is 0 Å². The quantitative estimate of drug-likeness (QED) is 0.302. The molecule has 0 N–H and O–H groups in total. The predicted octanol–water partition coefficient (Wildman–Crippen LogP) is 7.74. The zero-order chi connectivity index (χ0) is 22.9. The molecule has 4 nitrogen and oxygen atoms in total. The minimum absolute atomic E-state index is 0.510. The Balaban J connectivity index is 1.18. The van der Waals surface area contributed by atoms with E-state index in [2.05, 4.69) is 0 Å². The van der Waals surface area contributed by atoms with Crippen molar-refractivity contribution < 1.29 is 9.47 Å². The molecule has 4 fully saturated rings. The highest BCUT2D eigenvalue weighted by atomic mass is 16.5. The Morgan fingerprint density at radius 1 is 0.515 bits per heavy atom. The molecular weight excluding hydrogens is 408 g/mol. The lowest BCUT2D eigenvalue weighted by atomic mass is 9.76. The molecule has 0 spiro atoms. The maximum atomic E-state index is 5.76. The van der Waals surface area contributed by atoms with E-state index in [1.54, 1.807) is 0 Å². The summed E-state index contributed by atoms with van der Waals surface area (Å²) in [7, 11) is 3.68. The van der Waals surface area contributed by atoms with Crippen LogP contribution in [0.5, 0.6) is 0 Å². The summed E-state index contributed by atoms with van der Waals surface area (Å²) in [5.74, 6) is 5.16. The first-order valence-corrected chi connectivity index (χ1v) is 14.5. The van der Waals surface area contributed by atoms with Crippen molar-refractivity contribution >= 4 is 11.8 Å². The Kier molecular flexibility index (Phi) is 9.97. The van der Waals surface area contributed by atoms with Gasteiger partial charge in [0, 0.05) is 11.8 Å². The molecule has 0 bridgehead atoms. The molecular formula is C29H50N2O2.